The maximum atomic E-state index is 12.6. The first kappa shape index (κ1) is 17.0. The fourth-order valence-electron chi connectivity index (χ4n) is 2.71. The highest BCUT2D eigenvalue weighted by molar-refractivity contribution is 7.10. The maximum Gasteiger partial charge on any atom is 0.225 e. The molecule has 2 amide bonds. The van der Waals surface area contributed by atoms with E-state index in [1.165, 1.54) is 6.92 Å². The second-order valence-electron chi connectivity index (χ2n) is 5.63. The summed E-state index contributed by atoms with van der Waals surface area (Å²) in [5.41, 5.74) is 0. The van der Waals surface area contributed by atoms with Gasteiger partial charge in [0.25, 0.3) is 0 Å². The molecule has 1 aromatic heterocycles. The van der Waals surface area contributed by atoms with Crippen LogP contribution in [0.2, 0.25) is 0 Å². The van der Waals surface area contributed by atoms with E-state index in [1.54, 1.807) is 11.3 Å². The van der Waals surface area contributed by atoms with Crippen LogP contribution >= 0.6 is 11.3 Å². The van der Waals surface area contributed by atoms with Crippen molar-refractivity contribution in [3.05, 3.63) is 22.4 Å². The Morgan fingerprint density at radius 2 is 2.36 bits per heavy atom. The van der Waals surface area contributed by atoms with Gasteiger partial charge in [-0.05, 0) is 24.8 Å². The summed E-state index contributed by atoms with van der Waals surface area (Å²) < 4.78 is 5.38. The van der Waals surface area contributed by atoms with Crippen molar-refractivity contribution < 1.29 is 14.3 Å². The number of ether oxygens (including phenoxy) is 1. The molecule has 0 spiro atoms. The predicted octanol–water partition coefficient (Wildman–Crippen LogP) is 2.20. The third-order valence-corrected chi connectivity index (χ3v) is 4.87. The minimum absolute atomic E-state index is 0.0848. The summed E-state index contributed by atoms with van der Waals surface area (Å²) in [6.45, 7) is 6.44. The van der Waals surface area contributed by atoms with E-state index >= 15 is 0 Å². The third-order valence-electron chi connectivity index (χ3n) is 3.88. The summed E-state index contributed by atoms with van der Waals surface area (Å²) in [4.78, 5) is 26.9. The molecule has 2 heterocycles. The lowest BCUT2D eigenvalue weighted by atomic mass is 10.1. The second-order valence-corrected chi connectivity index (χ2v) is 6.61. The zero-order valence-electron chi connectivity index (χ0n) is 13.2. The highest BCUT2D eigenvalue weighted by atomic mass is 32.1. The van der Waals surface area contributed by atoms with Crippen molar-refractivity contribution in [2.45, 2.75) is 32.7 Å². The van der Waals surface area contributed by atoms with E-state index in [9.17, 15) is 9.59 Å². The Kier molecular flexibility index (Phi) is 6.39. The van der Waals surface area contributed by atoms with Crippen molar-refractivity contribution in [1.29, 1.82) is 0 Å². The Labute approximate surface area is 135 Å². The Hall–Kier alpha value is -1.40. The van der Waals surface area contributed by atoms with Crippen molar-refractivity contribution in [1.82, 2.24) is 10.2 Å². The fourth-order valence-corrected chi connectivity index (χ4v) is 3.49. The van der Waals surface area contributed by atoms with Gasteiger partial charge in [-0.2, -0.15) is 0 Å². The largest absolute Gasteiger partial charge is 0.381 e. The average Bonchev–Trinajstić information content (AvgIpc) is 3.16. The Morgan fingerprint density at radius 1 is 1.55 bits per heavy atom. The average molecular weight is 324 g/mol. The van der Waals surface area contributed by atoms with Gasteiger partial charge in [0.15, 0.2) is 0 Å². The van der Waals surface area contributed by atoms with Crippen LogP contribution in [0, 0.1) is 5.92 Å². The van der Waals surface area contributed by atoms with Gasteiger partial charge in [-0.1, -0.05) is 6.07 Å². The van der Waals surface area contributed by atoms with Gasteiger partial charge in [0, 0.05) is 37.4 Å². The van der Waals surface area contributed by atoms with Crippen molar-refractivity contribution in [2.24, 2.45) is 5.92 Å². The van der Waals surface area contributed by atoms with Crippen LogP contribution < -0.4 is 5.32 Å². The molecule has 0 radical (unpaired) electrons. The molecule has 0 saturated carbocycles. The summed E-state index contributed by atoms with van der Waals surface area (Å²) >= 11 is 1.56. The molecule has 1 aliphatic heterocycles. The molecule has 2 rings (SSSR count). The fraction of sp³-hybridized carbons (Fsp3) is 0.625. The van der Waals surface area contributed by atoms with Crippen molar-refractivity contribution in [2.75, 3.05) is 26.3 Å². The van der Waals surface area contributed by atoms with Gasteiger partial charge in [0.2, 0.25) is 11.8 Å². The monoisotopic (exact) mass is 324 g/mol. The second kappa shape index (κ2) is 8.29. The summed E-state index contributed by atoms with van der Waals surface area (Å²) in [5.74, 6) is 0.407. The zero-order valence-corrected chi connectivity index (χ0v) is 14.0. The number of amides is 2. The smallest absolute Gasteiger partial charge is 0.225 e. The van der Waals surface area contributed by atoms with Crippen molar-refractivity contribution >= 4 is 23.2 Å². The molecule has 22 heavy (non-hydrogen) atoms. The number of thiophene rings is 1. The molecular weight excluding hydrogens is 300 g/mol. The number of hydrogen-bond donors (Lipinski definition) is 1. The minimum Gasteiger partial charge on any atom is -0.381 e. The van der Waals surface area contributed by atoms with Crippen LogP contribution in [0.3, 0.4) is 0 Å². The van der Waals surface area contributed by atoms with E-state index in [4.69, 9.17) is 4.74 Å². The molecule has 1 aromatic rings. The molecule has 0 aliphatic carbocycles. The normalized spacial score (nSPS) is 18.9. The minimum atomic E-state index is -0.237. The molecular formula is C16H24N2O3S. The number of carbonyl (C=O) groups excluding carboxylic acids is 2. The molecule has 6 heteroatoms. The molecule has 2 atom stereocenters. The van der Waals surface area contributed by atoms with Gasteiger partial charge in [-0.25, -0.2) is 0 Å². The third kappa shape index (κ3) is 4.81. The zero-order chi connectivity index (χ0) is 15.9. The molecule has 1 N–H and O–H groups in total. The highest BCUT2D eigenvalue weighted by Crippen LogP contribution is 2.23. The van der Waals surface area contributed by atoms with Gasteiger partial charge in [-0.3, -0.25) is 9.59 Å². The lowest BCUT2D eigenvalue weighted by Crippen LogP contribution is -2.38. The van der Waals surface area contributed by atoms with Gasteiger partial charge in [0.1, 0.15) is 0 Å². The Morgan fingerprint density at radius 3 is 2.91 bits per heavy atom. The Bertz CT molecular complexity index is 484. The topological polar surface area (TPSA) is 58.6 Å². The standard InChI is InChI=1S/C16H24N2O3S/c1-3-18(10-13-6-7-21-11-13)16(20)9-14(17-12(2)19)15-5-4-8-22-15/h4-5,8,13-14H,3,6-7,9-11H2,1-2H3,(H,17,19)/t13-,14+/m1/s1. The summed E-state index contributed by atoms with van der Waals surface area (Å²) in [5, 5.41) is 4.85. The first-order chi connectivity index (χ1) is 10.6. The van der Waals surface area contributed by atoms with Crippen LogP contribution in [0.4, 0.5) is 0 Å². The lowest BCUT2D eigenvalue weighted by Gasteiger charge is -2.26. The molecule has 0 unspecified atom stereocenters. The number of nitrogens with one attached hydrogen (secondary N) is 1. The molecule has 1 saturated heterocycles. The quantitative estimate of drug-likeness (QED) is 0.836. The van der Waals surface area contributed by atoms with Crippen LogP contribution in [0.15, 0.2) is 17.5 Å². The van der Waals surface area contributed by atoms with Gasteiger partial charge in [-0.15, -0.1) is 11.3 Å². The Balaban J connectivity index is 1.97. The van der Waals surface area contributed by atoms with E-state index in [-0.39, 0.29) is 17.9 Å². The molecule has 0 aromatic carbocycles. The SMILES string of the molecule is CCN(C[C@H]1CCOC1)C(=O)C[C@H](NC(C)=O)c1cccs1. The van der Waals surface area contributed by atoms with Gasteiger partial charge in [0.05, 0.1) is 19.1 Å². The van der Waals surface area contributed by atoms with E-state index in [1.807, 2.05) is 29.3 Å². The molecule has 5 nitrogen and oxygen atoms in total. The van der Waals surface area contributed by atoms with Crippen LogP contribution in [0.1, 0.15) is 37.6 Å². The van der Waals surface area contributed by atoms with Crippen LogP contribution in [0.25, 0.3) is 0 Å². The van der Waals surface area contributed by atoms with Crippen LogP contribution in [0.5, 0.6) is 0 Å². The number of carbonyl (C=O) groups is 2. The van der Waals surface area contributed by atoms with Crippen LogP contribution in [-0.4, -0.2) is 43.0 Å². The summed E-state index contributed by atoms with van der Waals surface area (Å²) in [6.07, 6.45) is 1.32. The predicted molar refractivity (Wildman–Crippen MR) is 86.7 cm³/mol. The molecule has 1 aliphatic rings. The number of nitrogens with zero attached hydrogens (tertiary/aromatic N) is 1. The van der Waals surface area contributed by atoms with E-state index in [2.05, 4.69) is 5.32 Å². The first-order valence-electron chi connectivity index (χ1n) is 7.76. The summed E-state index contributed by atoms with van der Waals surface area (Å²) in [7, 11) is 0. The molecule has 1 fully saturated rings. The van der Waals surface area contributed by atoms with E-state index in [0.717, 1.165) is 31.1 Å². The van der Waals surface area contributed by atoms with Crippen molar-refractivity contribution in [3.63, 3.8) is 0 Å². The van der Waals surface area contributed by atoms with Gasteiger partial charge < -0.3 is 15.0 Å². The van der Waals surface area contributed by atoms with E-state index < -0.39 is 0 Å². The van der Waals surface area contributed by atoms with E-state index in [0.29, 0.717) is 18.9 Å². The maximum absolute atomic E-state index is 12.6. The molecule has 0 bridgehead atoms. The molecule has 122 valence electrons. The van der Waals surface area contributed by atoms with Crippen LogP contribution in [-0.2, 0) is 14.3 Å². The first-order valence-corrected chi connectivity index (χ1v) is 8.64. The number of hydrogen-bond acceptors (Lipinski definition) is 4. The lowest BCUT2D eigenvalue weighted by molar-refractivity contribution is -0.132. The van der Waals surface area contributed by atoms with Gasteiger partial charge >= 0.3 is 0 Å². The van der Waals surface area contributed by atoms with Crippen molar-refractivity contribution in [3.8, 4) is 0 Å². The summed E-state index contributed by atoms with van der Waals surface area (Å²) in [6, 6.07) is 3.66. The highest BCUT2D eigenvalue weighted by Gasteiger charge is 2.25. The number of rotatable bonds is 7.